The summed E-state index contributed by atoms with van der Waals surface area (Å²) in [6.45, 7) is 3.05. The number of thioether (sulfide) groups is 1. The van der Waals surface area contributed by atoms with E-state index in [-0.39, 0.29) is 0 Å². The van der Waals surface area contributed by atoms with Crippen molar-refractivity contribution in [1.82, 2.24) is 0 Å². The minimum Gasteiger partial charge on any atom is -0.478 e. The van der Waals surface area contributed by atoms with Crippen molar-refractivity contribution in [2.24, 2.45) is 0 Å². The summed E-state index contributed by atoms with van der Waals surface area (Å²) >= 11 is 1.92. The first-order valence-corrected chi connectivity index (χ1v) is 6.72. The first kappa shape index (κ1) is 12.1. The van der Waals surface area contributed by atoms with Gasteiger partial charge in [-0.1, -0.05) is 0 Å². The number of rotatable bonds is 2. The van der Waals surface area contributed by atoms with E-state index in [9.17, 15) is 4.79 Å². The molecule has 17 heavy (non-hydrogen) atoms. The van der Waals surface area contributed by atoms with Crippen LogP contribution in [0.25, 0.3) is 0 Å². The lowest BCUT2D eigenvalue weighted by Gasteiger charge is -2.35. The minimum atomic E-state index is -0.912. The lowest BCUT2D eigenvalue weighted by atomic mass is 10.1. The van der Waals surface area contributed by atoms with Gasteiger partial charge in [0.2, 0.25) is 0 Å². The Kier molecular flexibility index (Phi) is 3.47. The molecule has 1 heterocycles. The van der Waals surface area contributed by atoms with Crippen molar-refractivity contribution in [1.29, 1.82) is 0 Å². The van der Waals surface area contributed by atoms with E-state index in [2.05, 4.69) is 11.8 Å². The van der Waals surface area contributed by atoms with Gasteiger partial charge in [0.15, 0.2) is 0 Å². The Hall–Kier alpha value is -1.36. The molecule has 0 spiro atoms. The number of carboxylic acids is 1. The smallest absolute Gasteiger partial charge is 0.335 e. The second kappa shape index (κ2) is 4.87. The lowest BCUT2D eigenvalue weighted by Crippen LogP contribution is -2.40. The second-order valence-corrected chi connectivity index (χ2v) is 5.35. The van der Waals surface area contributed by atoms with Crippen LogP contribution in [0.5, 0.6) is 0 Å². The van der Waals surface area contributed by atoms with Gasteiger partial charge in [-0.15, -0.1) is 0 Å². The average Bonchev–Trinajstić information content (AvgIpc) is 2.30. The number of nitrogens with two attached hydrogens (primary N) is 1. The molecule has 1 saturated heterocycles. The first-order chi connectivity index (χ1) is 8.09. The van der Waals surface area contributed by atoms with Gasteiger partial charge in [0.25, 0.3) is 0 Å². The van der Waals surface area contributed by atoms with Crippen LogP contribution < -0.4 is 10.6 Å². The molecule has 92 valence electrons. The maximum Gasteiger partial charge on any atom is 0.335 e. The molecule has 0 aromatic heterocycles. The van der Waals surface area contributed by atoms with Crippen LogP contribution in [0.3, 0.4) is 0 Å². The molecule has 0 bridgehead atoms. The number of aromatic carboxylic acids is 1. The molecule has 1 fully saturated rings. The molecule has 4 nitrogen and oxygen atoms in total. The van der Waals surface area contributed by atoms with Gasteiger partial charge in [-0.05, 0) is 25.1 Å². The summed E-state index contributed by atoms with van der Waals surface area (Å²) < 4.78 is 0. The van der Waals surface area contributed by atoms with Crippen LogP contribution in [0.1, 0.15) is 17.3 Å². The van der Waals surface area contributed by atoms with Crippen molar-refractivity contribution in [3.05, 3.63) is 23.8 Å². The number of nitrogens with zero attached hydrogens (tertiary/aromatic N) is 1. The zero-order chi connectivity index (χ0) is 12.4. The molecule has 5 heteroatoms. The van der Waals surface area contributed by atoms with Gasteiger partial charge in [-0.25, -0.2) is 4.79 Å². The Morgan fingerprint density at radius 1 is 1.59 bits per heavy atom. The molecule has 1 aliphatic rings. The highest BCUT2D eigenvalue weighted by Gasteiger charge is 2.21. The van der Waals surface area contributed by atoms with Gasteiger partial charge in [0.1, 0.15) is 0 Å². The van der Waals surface area contributed by atoms with Crippen molar-refractivity contribution < 1.29 is 9.90 Å². The molecule has 1 aliphatic heterocycles. The molecule has 0 radical (unpaired) electrons. The molecule has 1 aromatic carbocycles. The molecule has 2 rings (SSSR count). The summed E-state index contributed by atoms with van der Waals surface area (Å²) in [5.74, 6) is 1.20. The minimum absolute atomic E-state index is 0.291. The lowest BCUT2D eigenvalue weighted by molar-refractivity contribution is 0.0697. The number of carboxylic acid groups (broad SMARTS) is 1. The Morgan fingerprint density at radius 3 is 3.00 bits per heavy atom. The average molecular weight is 252 g/mol. The van der Waals surface area contributed by atoms with E-state index in [4.69, 9.17) is 10.8 Å². The molecular weight excluding hydrogens is 236 g/mol. The van der Waals surface area contributed by atoms with Crippen LogP contribution in [-0.4, -0.2) is 35.2 Å². The number of nitrogen functional groups attached to an aromatic ring is 1. The van der Waals surface area contributed by atoms with Crippen molar-refractivity contribution in [3.8, 4) is 0 Å². The highest BCUT2D eigenvalue weighted by atomic mass is 32.2. The number of hydrogen-bond acceptors (Lipinski definition) is 4. The van der Waals surface area contributed by atoms with Gasteiger partial charge in [-0.2, -0.15) is 11.8 Å². The Labute approximate surface area is 105 Å². The summed E-state index contributed by atoms with van der Waals surface area (Å²) in [6.07, 6.45) is 0. The van der Waals surface area contributed by atoms with E-state index in [1.165, 1.54) is 0 Å². The van der Waals surface area contributed by atoms with Crippen molar-refractivity contribution in [2.45, 2.75) is 13.0 Å². The Balaban J connectivity index is 2.35. The van der Waals surface area contributed by atoms with Gasteiger partial charge in [0, 0.05) is 24.1 Å². The topological polar surface area (TPSA) is 66.6 Å². The molecule has 0 aliphatic carbocycles. The van der Waals surface area contributed by atoms with E-state index in [0.29, 0.717) is 17.3 Å². The van der Waals surface area contributed by atoms with Gasteiger partial charge < -0.3 is 15.7 Å². The predicted octanol–water partition coefficient (Wildman–Crippen LogP) is 1.91. The molecule has 0 amide bonds. The third kappa shape index (κ3) is 2.49. The fraction of sp³-hybridized carbons (Fsp3) is 0.417. The maximum absolute atomic E-state index is 11.0. The van der Waals surface area contributed by atoms with Crippen LogP contribution in [-0.2, 0) is 0 Å². The summed E-state index contributed by atoms with van der Waals surface area (Å²) in [5, 5.41) is 9.00. The van der Waals surface area contributed by atoms with E-state index in [0.717, 1.165) is 23.7 Å². The first-order valence-electron chi connectivity index (χ1n) is 5.57. The Bertz CT molecular complexity index is 437. The van der Waals surface area contributed by atoms with E-state index in [1.807, 2.05) is 11.8 Å². The molecule has 0 saturated carbocycles. The van der Waals surface area contributed by atoms with Gasteiger partial charge >= 0.3 is 5.97 Å². The zero-order valence-corrected chi connectivity index (χ0v) is 10.5. The quantitative estimate of drug-likeness (QED) is 0.787. The molecular formula is C12H16N2O2S. The van der Waals surface area contributed by atoms with Crippen molar-refractivity contribution in [2.75, 3.05) is 28.7 Å². The standard InChI is InChI=1S/C12H16N2O2S/c1-8-7-17-5-4-14(8)11-6-9(12(15)16)2-3-10(11)13/h2-3,6,8H,4-5,7,13H2,1H3,(H,15,16). The third-order valence-corrected chi connectivity index (χ3v) is 4.14. The number of anilines is 2. The van der Waals surface area contributed by atoms with Crippen LogP contribution in [0.4, 0.5) is 11.4 Å². The fourth-order valence-corrected chi connectivity index (χ4v) is 3.02. The van der Waals surface area contributed by atoms with Gasteiger partial charge in [0.05, 0.1) is 16.9 Å². The fourth-order valence-electron chi connectivity index (χ4n) is 2.01. The summed E-state index contributed by atoms with van der Waals surface area (Å²) in [4.78, 5) is 13.2. The maximum atomic E-state index is 11.0. The molecule has 1 unspecified atom stereocenters. The largest absolute Gasteiger partial charge is 0.478 e. The third-order valence-electron chi connectivity index (χ3n) is 2.95. The summed E-state index contributed by atoms with van der Waals surface area (Å²) in [6, 6.07) is 5.28. The monoisotopic (exact) mass is 252 g/mol. The van der Waals surface area contributed by atoms with Crippen molar-refractivity contribution in [3.63, 3.8) is 0 Å². The van der Waals surface area contributed by atoms with E-state index >= 15 is 0 Å². The van der Waals surface area contributed by atoms with Crippen LogP contribution in [0.2, 0.25) is 0 Å². The van der Waals surface area contributed by atoms with Crippen LogP contribution >= 0.6 is 11.8 Å². The van der Waals surface area contributed by atoms with Crippen LogP contribution in [0, 0.1) is 0 Å². The number of benzene rings is 1. The normalized spacial score (nSPS) is 20.3. The molecule has 1 aromatic rings. The highest BCUT2D eigenvalue weighted by molar-refractivity contribution is 7.99. The highest BCUT2D eigenvalue weighted by Crippen LogP contribution is 2.29. The number of hydrogen-bond donors (Lipinski definition) is 2. The van der Waals surface area contributed by atoms with Crippen molar-refractivity contribution >= 4 is 29.1 Å². The summed E-state index contributed by atoms with van der Waals surface area (Å²) in [5.41, 5.74) is 7.72. The second-order valence-electron chi connectivity index (χ2n) is 4.20. The Morgan fingerprint density at radius 2 is 2.35 bits per heavy atom. The van der Waals surface area contributed by atoms with Crippen LogP contribution in [0.15, 0.2) is 18.2 Å². The molecule has 3 N–H and O–H groups in total. The van der Waals surface area contributed by atoms with E-state index in [1.54, 1.807) is 18.2 Å². The predicted molar refractivity (Wildman–Crippen MR) is 71.9 cm³/mol. The van der Waals surface area contributed by atoms with Gasteiger partial charge in [-0.3, -0.25) is 0 Å². The van der Waals surface area contributed by atoms with E-state index < -0.39 is 5.97 Å². The summed E-state index contributed by atoms with van der Waals surface area (Å²) in [7, 11) is 0. The SMILES string of the molecule is CC1CSCCN1c1cc(C(=O)O)ccc1N. The number of carbonyl (C=O) groups is 1. The molecule has 1 atom stereocenters. The zero-order valence-electron chi connectivity index (χ0n) is 9.72.